The summed E-state index contributed by atoms with van der Waals surface area (Å²) in [5.41, 5.74) is 0. The lowest BCUT2D eigenvalue weighted by molar-refractivity contribution is -0.115. The molecule has 2 heteroatoms. The molecule has 1 atom stereocenters. The highest BCUT2D eigenvalue weighted by Crippen LogP contribution is 1.94. The van der Waals surface area contributed by atoms with E-state index in [-0.39, 0.29) is 11.9 Å². The lowest BCUT2D eigenvalue weighted by Gasteiger charge is -2.03. The van der Waals surface area contributed by atoms with Crippen molar-refractivity contribution in [3.63, 3.8) is 0 Å². The number of carbonyl (C=O) groups is 1. The molecule has 0 aliphatic carbocycles. The SMILES string of the molecule is C#CC(=O)CC(C)OC. The molecule has 0 aromatic heterocycles. The van der Waals surface area contributed by atoms with Gasteiger partial charge in [-0.1, -0.05) is 0 Å². The van der Waals surface area contributed by atoms with Crippen molar-refractivity contribution >= 4 is 5.78 Å². The topological polar surface area (TPSA) is 26.3 Å². The van der Waals surface area contributed by atoms with Crippen LogP contribution in [0.4, 0.5) is 0 Å². The van der Waals surface area contributed by atoms with Gasteiger partial charge in [-0.25, -0.2) is 0 Å². The Hall–Kier alpha value is -0.810. The Bertz CT molecular complexity index is 132. The van der Waals surface area contributed by atoms with E-state index < -0.39 is 0 Å². The number of ketones is 1. The lowest BCUT2D eigenvalue weighted by Crippen LogP contribution is -2.10. The Kier molecular flexibility index (Phi) is 3.74. The number of terminal acetylenes is 1. The van der Waals surface area contributed by atoms with Crippen molar-refractivity contribution in [2.24, 2.45) is 0 Å². The van der Waals surface area contributed by atoms with E-state index in [9.17, 15) is 4.79 Å². The van der Waals surface area contributed by atoms with Crippen LogP contribution in [0, 0.1) is 12.3 Å². The van der Waals surface area contributed by atoms with Crippen LogP contribution in [0.5, 0.6) is 0 Å². The molecule has 0 fully saturated rings. The molecule has 0 saturated carbocycles. The average Bonchev–Trinajstić information content (AvgIpc) is 1.87. The first-order valence-electron chi connectivity index (χ1n) is 2.73. The molecular formula is C7H10O2. The Morgan fingerprint density at radius 3 is 2.78 bits per heavy atom. The first kappa shape index (κ1) is 8.19. The van der Waals surface area contributed by atoms with Gasteiger partial charge >= 0.3 is 0 Å². The fourth-order valence-electron chi connectivity index (χ4n) is 0.403. The van der Waals surface area contributed by atoms with Crippen LogP contribution in [0.2, 0.25) is 0 Å². The number of hydrogen-bond donors (Lipinski definition) is 0. The summed E-state index contributed by atoms with van der Waals surface area (Å²) in [6, 6.07) is 0. The minimum absolute atomic E-state index is 0.0615. The number of methoxy groups -OCH3 is 1. The quantitative estimate of drug-likeness (QED) is 0.409. The molecular weight excluding hydrogens is 116 g/mol. The fraction of sp³-hybridized carbons (Fsp3) is 0.571. The van der Waals surface area contributed by atoms with Gasteiger partial charge in [0.1, 0.15) is 0 Å². The zero-order valence-corrected chi connectivity index (χ0v) is 5.68. The minimum Gasteiger partial charge on any atom is -0.381 e. The van der Waals surface area contributed by atoms with E-state index in [0.29, 0.717) is 6.42 Å². The predicted molar refractivity (Wildman–Crippen MR) is 34.9 cm³/mol. The van der Waals surface area contributed by atoms with E-state index in [2.05, 4.69) is 0 Å². The summed E-state index contributed by atoms with van der Waals surface area (Å²) in [5, 5.41) is 0. The van der Waals surface area contributed by atoms with Crippen LogP contribution < -0.4 is 0 Å². The van der Waals surface area contributed by atoms with Gasteiger partial charge in [0.2, 0.25) is 5.78 Å². The van der Waals surface area contributed by atoms with Crippen molar-refractivity contribution in [1.29, 1.82) is 0 Å². The van der Waals surface area contributed by atoms with Gasteiger partial charge in [0.05, 0.1) is 6.10 Å². The largest absolute Gasteiger partial charge is 0.381 e. The van der Waals surface area contributed by atoms with Gasteiger partial charge in [-0.2, -0.15) is 0 Å². The standard InChI is InChI=1S/C7H10O2/c1-4-7(8)5-6(2)9-3/h1,6H,5H2,2-3H3. The molecule has 2 nitrogen and oxygen atoms in total. The maximum Gasteiger partial charge on any atom is 0.207 e. The second-order valence-electron chi connectivity index (χ2n) is 1.82. The smallest absolute Gasteiger partial charge is 0.207 e. The fourth-order valence-corrected chi connectivity index (χ4v) is 0.403. The molecule has 0 rings (SSSR count). The summed E-state index contributed by atoms with van der Waals surface area (Å²) >= 11 is 0. The number of hydrogen-bond acceptors (Lipinski definition) is 2. The van der Waals surface area contributed by atoms with Crippen LogP contribution in [-0.4, -0.2) is 19.0 Å². The number of Topliss-reactive ketones (excluding diaryl/α,β-unsaturated/α-hetero) is 1. The molecule has 0 amide bonds. The second-order valence-corrected chi connectivity index (χ2v) is 1.82. The number of rotatable bonds is 3. The van der Waals surface area contributed by atoms with Gasteiger partial charge in [0.25, 0.3) is 0 Å². The van der Waals surface area contributed by atoms with E-state index in [4.69, 9.17) is 11.2 Å². The molecule has 0 spiro atoms. The summed E-state index contributed by atoms with van der Waals surface area (Å²) < 4.78 is 4.81. The second kappa shape index (κ2) is 4.11. The highest BCUT2D eigenvalue weighted by atomic mass is 16.5. The van der Waals surface area contributed by atoms with Crippen LogP contribution in [-0.2, 0) is 9.53 Å². The zero-order valence-electron chi connectivity index (χ0n) is 5.68. The molecule has 0 N–H and O–H groups in total. The van der Waals surface area contributed by atoms with E-state index in [0.717, 1.165) is 0 Å². The highest BCUT2D eigenvalue weighted by molar-refractivity contribution is 5.95. The molecule has 0 aromatic carbocycles. The predicted octanol–water partition coefficient (Wildman–Crippen LogP) is 0.614. The zero-order chi connectivity index (χ0) is 7.28. The van der Waals surface area contributed by atoms with Crippen molar-refractivity contribution in [3.8, 4) is 12.3 Å². The molecule has 1 unspecified atom stereocenters. The third-order valence-electron chi connectivity index (χ3n) is 1.04. The molecule has 0 aromatic rings. The summed E-state index contributed by atoms with van der Waals surface area (Å²) in [6.07, 6.45) is 5.07. The van der Waals surface area contributed by atoms with E-state index in [1.54, 1.807) is 14.0 Å². The molecule has 50 valence electrons. The molecule has 0 bridgehead atoms. The van der Waals surface area contributed by atoms with Gasteiger partial charge < -0.3 is 4.74 Å². The van der Waals surface area contributed by atoms with Gasteiger partial charge in [0, 0.05) is 13.5 Å². The summed E-state index contributed by atoms with van der Waals surface area (Å²) in [5.74, 6) is 1.81. The molecule has 0 saturated heterocycles. The minimum atomic E-state index is -0.204. The third-order valence-corrected chi connectivity index (χ3v) is 1.04. The van der Waals surface area contributed by atoms with Gasteiger partial charge in [-0.3, -0.25) is 4.79 Å². The first-order chi connectivity index (χ1) is 4.20. The van der Waals surface area contributed by atoms with Crippen LogP contribution in [0.15, 0.2) is 0 Å². The van der Waals surface area contributed by atoms with Gasteiger partial charge in [-0.05, 0) is 12.8 Å². The number of carbonyl (C=O) groups excluding carboxylic acids is 1. The van der Waals surface area contributed by atoms with Crippen molar-refractivity contribution in [1.82, 2.24) is 0 Å². The molecule has 9 heavy (non-hydrogen) atoms. The van der Waals surface area contributed by atoms with Crippen molar-refractivity contribution in [2.45, 2.75) is 19.4 Å². The van der Waals surface area contributed by atoms with Crippen LogP contribution in [0.25, 0.3) is 0 Å². The highest BCUT2D eigenvalue weighted by Gasteiger charge is 2.03. The third kappa shape index (κ3) is 3.75. The first-order valence-corrected chi connectivity index (χ1v) is 2.73. The van der Waals surface area contributed by atoms with Crippen molar-refractivity contribution < 1.29 is 9.53 Å². The molecule has 0 aliphatic heterocycles. The maximum atomic E-state index is 10.5. The molecule has 0 aliphatic rings. The summed E-state index contributed by atoms with van der Waals surface area (Å²) in [7, 11) is 1.55. The molecule has 0 radical (unpaired) electrons. The molecule has 0 heterocycles. The van der Waals surface area contributed by atoms with E-state index in [1.807, 2.05) is 5.92 Å². The van der Waals surface area contributed by atoms with Gasteiger partial charge in [-0.15, -0.1) is 6.42 Å². The Labute approximate surface area is 55.2 Å². The maximum absolute atomic E-state index is 10.5. The average molecular weight is 126 g/mol. The summed E-state index contributed by atoms with van der Waals surface area (Å²) in [4.78, 5) is 10.5. The monoisotopic (exact) mass is 126 g/mol. The van der Waals surface area contributed by atoms with Crippen LogP contribution in [0.1, 0.15) is 13.3 Å². The van der Waals surface area contributed by atoms with Crippen molar-refractivity contribution in [3.05, 3.63) is 0 Å². The van der Waals surface area contributed by atoms with Crippen molar-refractivity contribution in [2.75, 3.05) is 7.11 Å². The Balaban J connectivity index is 3.50. The van der Waals surface area contributed by atoms with Crippen LogP contribution >= 0.6 is 0 Å². The lowest BCUT2D eigenvalue weighted by atomic mass is 10.2. The van der Waals surface area contributed by atoms with E-state index >= 15 is 0 Å². The van der Waals surface area contributed by atoms with Gasteiger partial charge in [0.15, 0.2) is 0 Å². The number of ether oxygens (including phenoxy) is 1. The Morgan fingerprint density at radius 1 is 1.89 bits per heavy atom. The van der Waals surface area contributed by atoms with E-state index in [1.165, 1.54) is 0 Å². The van der Waals surface area contributed by atoms with Crippen LogP contribution in [0.3, 0.4) is 0 Å². The normalized spacial score (nSPS) is 12.1. The summed E-state index contributed by atoms with van der Waals surface area (Å²) in [6.45, 7) is 1.80. The Morgan fingerprint density at radius 2 is 2.44 bits per heavy atom.